The summed E-state index contributed by atoms with van der Waals surface area (Å²) in [5, 5.41) is 8.17. The second-order valence-electron chi connectivity index (χ2n) is 5.26. The molecule has 1 unspecified atom stereocenters. The third kappa shape index (κ3) is 3.55. The van der Waals surface area contributed by atoms with Gasteiger partial charge in [0.2, 0.25) is 0 Å². The van der Waals surface area contributed by atoms with Gasteiger partial charge >= 0.3 is 0 Å². The molecule has 1 atom stereocenters. The molecule has 0 radical (unpaired) electrons. The van der Waals surface area contributed by atoms with Crippen molar-refractivity contribution < 1.29 is 4.79 Å². The highest BCUT2D eigenvalue weighted by atomic mass is 32.1. The Labute approximate surface area is 129 Å². The van der Waals surface area contributed by atoms with Crippen molar-refractivity contribution in [1.82, 2.24) is 5.32 Å². The molecule has 4 nitrogen and oxygen atoms in total. The van der Waals surface area contributed by atoms with Gasteiger partial charge in [-0.05, 0) is 35.6 Å². The van der Waals surface area contributed by atoms with Crippen LogP contribution in [0.2, 0.25) is 0 Å². The second kappa shape index (κ2) is 6.63. The lowest BCUT2D eigenvalue weighted by Gasteiger charge is -2.23. The van der Waals surface area contributed by atoms with Gasteiger partial charge in [-0.3, -0.25) is 4.79 Å². The molecule has 0 saturated carbocycles. The smallest absolute Gasteiger partial charge is 0.251 e. The highest BCUT2D eigenvalue weighted by molar-refractivity contribution is 7.10. The van der Waals surface area contributed by atoms with Crippen LogP contribution in [0.5, 0.6) is 0 Å². The van der Waals surface area contributed by atoms with E-state index >= 15 is 0 Å². The number of hydrogen-bond donors (Lipinski definition) is 3. The zero-order chi connectivity index (χ0) is 15.4. The topological polar surface area (TPSA) is 67.2 Å². The summed E-state index contributed by atoms with van der Waals surface area (Å²) >= 11 is 1.72. The Morgan fingerprint density at radius 1 is 1.29 bits per heavy atom. The fraction of sp³-hybridized carbons (Fsp3) is 0.312. The van der Waals surface area contributed by atoms with E-state index in [0.717, 1.165) is 5.69 Å². The molecule has 2 aromatic rings. The largest absolute Gasteiger partial charge is 0.397 e. The molecule has 0 aliphatic rings. The Morgan fingerprint density at radius 2 is 2.05 bits per heavy atom. The van der Waals surface area contributed by atoms with Crippen LogP contribution in [0.3, 0.4) is 0 Å². The lowest BCUT2D eigenvalue weighted by molar-refractivity contribution is 0.0963. The van der Waals surface area contributed by atoms with E-state index in [1.54, 1.807) is 36.6 Å². The Kier molecular flexibility index (Phi) is 4.85. The molecule has 1 amide bonds. The first-order valence-electron chi connectivity index (χ1n) is 6.94. The molecule has 1 aromatic heterocycles. The average Bonchev–Trinajstić information content (AvgIpc) is 2.99. The monoisotopic (exact) mass is 303 g/mol. The van der Waals surface area contributed by atoms with Crippen LogP contribution in [0, 0.1) is 5.92 Å². The molecule has 0 aliphatic carbocycles. The fourth-order valence-corrected chi connectivity index (χ4v) is 3.12. The molecular weight excluding hydrogens is 282 g/mol. The maximum absolute atomic E-state index is 11.7. The van der Waals surface area contributed by atoms with Crippen molar-refractivity contribution in [2.75, 3.05) is 18.1 Å². The van der Waals surface area contributed by atoms with Gasteiger partial charge in [-0.1, -0.05) is 19.9 Å². The first-order valence-corrected chi connectivity index (χ1v) is 7.82. The zero-order valence-electron chi connectivity index (χ0n) is 12.5. The summed E-state index contributed by atoms with van der Waals surface area (Å²) in [5.74, 6) is 0.293. The lowest BCUT2D eigenvalue weighted by atomic mass is 10.0. The van der Waals surface area contributed by atoms with E-state index < -0.39 is 0 Å². The first-order chi connectivity index (χ1) is 10.0. The molecule has 2 rings (SSSR count). The van der Waals surface area contributed by atoms with Crippen molar-refractivity contribution in [2.45, 2.75) is 19.9 Å². The van der Waals surface area contributed by atoms with Gasteiger partial charge in [-0.25, -0.2) is 0 Å². The number of carbonyl (C=O) groups is 1. The summed E-state index contributed by atoms with van der Waals surface area (Å²) in [7, 11) is 1.62. The van der Waals surface area contributed by atoms with E-state index in [2.05, 4.69) is 35.9 Å². The second-order valence-corrected chi connectivity index (χ2v) is 6.24. The SMILES string of the molecule is CNC(=O)c1ccc(N)c(NC(c2cccs2)C(C)C)c1. The van der Waals surface area contributed by atoms with Gasteiger partial charge < -0.3 is 16.4 Å². The molecule has 0 aliphatic heterocycles. The average molecular weight is 303 g/mol. The van der Waals surface area contributed by atoms with Crippen molar-refractivity contribution in [3.63, 3.8) is 0 Å². The predicted molar refractivity (Wildman–Crippen MR) is 89.8 cm³/mol. The Balaban J connectivity index is 2.30. The minimum absolute atomic E-state index is 0.115. The maximum Gasteiger partial charge on any atom is 0.251 e. The van der Waals surface area contributed by atoms with Crippen molar-refractivity contribution in [2.24, 2.45) is 5.92 Å². The number of nitrogens with one attached hydrogen (secondary N) is 2. The van der Waals surface area contributed by atoms with Gasteiger partial charge in [-0.2, -0.15) is 0 Å². The van der Waals surface area contributed by atoms with E-state index in [1.165, 1.54) is 4.88 Å². The van der Waals surface area contributed by atoms with Gasteiger partial charge in [0.1, 0.15) is 0 Å². The molecule has 1 heterocycles. The molecule has 5 heteroatoms. The molecule has 1 aromatic carbocycles. The summed E-state index contributed by atoms with van der Waals surface area (Å²) in [6.07, 6.45) is 0. The summed E-state index contributed by atoms with van der Waals surface area (Å²) in [6.45, 7) is 4.33. The normalized spacial score (nSPS) is 12.2. The Hall–Kier alpha value is -2.01. The molecule has 0 spiro atoms. The van der Waals surface area contributed by atoms with Crippen molar-refractivity contribution in [3.8, 4) is 0 Å². The standard InChI is InChI=1S/C16H21N3OS/c1-10(2)15(14-5-4-8-21-14)19-13-9-11(16(20)18-3)6-7-12(13)17/h4-10,15,19H,17H2,1-3H3,(H,18,20). The first kappa shape index (κ1) is 15.4. The molecule has 21 heavy (non-hydrogen) atoms. The lowest BCUT2D eigenvalue weighted by Crippen LogP contribution is -2.20. The fourth-order valence-electron chi connectivity index (χ4n) is 2.17. The summed E-state index contributed by atoms with van der Waals surface area (Å²) in [5.41, 5.74) is 8.08. The number of carbonyl (C=O) groups excluding carboxylic acids is 1. The Morgan fingerprint density at radius 3 is 2.62 bits per heavy atom. The summed E-state index contributed by atoms with van der Waals surface area (Å²) < 4.78 is 0. The molecule has 0 saturated heterocycles. The molecular formula is C16H21N3OS. The third-order valence-electron chi connectivity index (χ3n) is 3.37. The van der Waals surface area contributed by atoms with Gasteiger partial charge in [0.15, 0.2) is 0 Å². The van der Waals surface area contributed by atoms with E-state index in [-0.39, 0.29) is 11.9 Å². The van der Waals surface area contributed by atoms with Crippen LogP contribution < -0.4 is 16.4 Å². The van der Waals surface area contributed by atoms with Crippen LogP contribution >= 0.6 is 11.3 Å². The van der Waals surface area contributed by atoms with Crippen LogP contribution in [-0.4, -0.2) is 13.0 Å². The van der Waals surface area contributed by atoms with Crippen LogP contribution in [0.4, 0.5) is 11.4 Å². The molecule has 0 bridgehead atoms. The van der Waals surface area contributed by atoms with Crippen LogP contribution in [0.1, 0.15) is 35.1 Å². The van der Waals surface area contributed by atoms with Gasteiger partial charge in [0.25, 0.3) is 5.91 Å². The van der Waals surface area contributed by atoms with Gasteiger partial charge in [0, 0.05) is 17.5 Å². The number of amides is 1. The molecule has 112 valence electrons. The number of thiophene rings is 1. The number of hydrogen-bond acceptors (Lipinski definition) is 4. The van der Waals surface area contributed by atoms with Crippen LogP contribution in [-0.2, 0) is 0 Å². The highest BCUT2D eigenvalue weighted by Gasteiger charge is 2.18. The van der Waals surface area contributed by atoms with E-state index in [4.69, 9.17) is 5.73 Å². The predicted octanol–water partition coefficient (Wildman–Crippen LogP) is 3.50. The summed E-state index contributed by atoms with van der Waals surface area (Å²) in [6, 6.07) is 9.62. The molecule has 0 fully saturated rings. The summed E-state index contributed by atoms with van der Waals surface area (Å²) in [4.78, 5) is 13.0. The maximum atomic E-state index is 11.7. The van der Waals surface area contributed by atoms with E-state index in [0.29, 0.717) is 17.2 Å². The van der Waals surface area contributed by atoms with Crippen molar-refractivity contribution >= 4 is 28.6 Å². The minimum atomic E-state index is -0.115. The zero-order valence-corrected chi connectivity index (χ0v) is 13.3. The number of rotatable bonds is 5. The molecule has 4 N–H and O–H groups in total. The van der Waals surface area contributed by atoms with Crippen LogP contribution in [0.25, 0.3) is 0 Å². The van der Waals surface area contributed by atoms with Crippen molar-refractivity contribution in [3.05, 3.63) is 46.2 Å². The minimum Gasteiger partial charge on any atom is -0.397 e. The van der Waals surface area contributed by atoms with Crippen molar-refractivity contribution in [1.29, 1.82) is 0 Å². The van der Waals surface area contributed by atoms with Gasteiger partial charge in [0.05, 0.1) is 17.4 Å². The van der Waals surface area contributed by atoms with E-state index in [9.17, 15) is 4.79 Å². The van der Waals surface area contributed by atoms with Crippen LogP contribution in [0.15, 0.2) is 35.7 Å². The van der Waals surface area contributed by atoms with E-state index in [1.807, 2.05) is 6.07 Å². The highest BCUT2D eigenvalue weighted by Crippen LogP contribution is 2.32. The number of nitrogens with two attached hydrogens (primary N) is 1. The Bertz CT molecular complexity index is 608. The van der Waals surface area contributed by atoms with Gasteiger partial charge in [-0.15, -0.1) is 11.3 Å². The number of nitrogen functional groups attached to an aromatic ring is 1. The third-order valence-corrected chi connectivity index (χ3v) is 4.33. The number of anilines is 2. The quantitative estimate of drug-likeness (QED) is 0.741. The number of benzene rings is 1.